The van der Waals surface area contributed by atoms with Gasteiger partial charge in [0, 0.05) is 4.99 Å². The van der Waals surface area contributed by atoms with Crippen molar-refractivity contribution in [3.05, 3.63) is 58.2 Å². The zero-order valence-corrected chi connectivity index (χ0v) is 17.0. The van der Waals surface area contributed by atoms with Crippen LogP contribution in [-0.4, -0.2) is 26.2 Å². The summed E-state index contributed by atoms with van der Waals surface area (Å²) in [5, 5.41) is 0. The Morgan fingerprint density at radius 1 is 0.852 bits per heavy atom. The Balaban J connectivity index is 2.18. The minimum absolute atomic E-state index is 0.187. The standard InChI is InChI=1S/C20H19BrN2O4/c1-12-5-7-17(26-3)14(9-12)22-16(11-21)19(24)23(20(22)25)15-10-13(2)6-8-18(15)27-4/h5-11H,1-4H3/b16-11+. The van der Waals surface area contributed by atoms with E-state index in [0.29, 0.717) is 22.9 Å². The van der Waals surface area contributed by atoms with E-state index < -0.39 is 11.9 Å². The number of nitrogens with zero attached hydrogens (tertiary/aromatic N) is 2. The van der Waals surface area contributed by atoms with Crippen LogP contribution < -0.4 is 19.3 Å². The van der Waals surface area contributed by atoms with Gasteiger partial charge >= 0.3 is 6.03 Å². The quantitative estimate of drug-likeness (QED) is 0.527. The maximum atomic E-state index is 13.3. The number of anilines is 2. The lowest BCUT2D eigenvalue weighted by Gasteiger charge is -2.21. The van der Waals surface area contributed by atoms with Crippen molar-refractivity contribution in [2.45, 2.75) is 13.8 Å². The van der Waals surface area contributed by atoms with Gasteiger partial charge in [-0.05, 0) is 49.2 Å². The molecule has 0 radical (unpaired) electrons. The fourth-order valence-corrected chi connectivity index (χ4v) is 3.39. The average molecular weight is 431 g/mol. The summed E-state index contributed by atoms with van der Waals surface area (Å²) in [4.78, 5) is 30.3. The van der Waals surface area contributed by atoms with Crippen molar-refractivity contribution in [3.8, 4) is 11.5 Å². The molecule has 140 valence electrons. The summed E-state index contributed by atoms with van der Waals surface area (Å²) in [6.07, 6.45) is 0. The smallest absolute Gasteiger partial charge is 0.341 e. The van der Waals surface area contributed by atoms with Crippen LogP contribution in [0.25, 0.3) is 0 Å². The summed E-state index contributed by atoms with van der Waals surface area (Å²) < 4.78 is 10.8. The van der Waals surface area contributed by atoms with Crippen LogP contribution in [0.5, 0.6) is 11.5 Å². The topological polar surface area (TPSA) is 59.1 Å². The van der Waals surface area contributed by atoms with E-state index in [2.05, 4.69) is 15.9 Å². The van der Waals surface area contributed by atoms with Crippen molar-refractivity contribution in [1.29, 1.82) is 0 Å². The monoisotopic (exact) mass is 430 g/mol. The fourth-order valence-electron chi connectivity index (χ4n) is 2.99. The van der Waals surface area contributed by atoms with Crippen molar-refractivity contribution in [2.24, 2.45) is 0 Å². The second kappa shape index (κ2) is 7.44. The van der Waals surface area contributed by atoms with E-state index in [1.165, 1.54) is 24.1 Å². The number of carbonyl (C=O) groups excluding carboxylic acids is 2. The summed E-state index contributed by atoms with van der Waals surface area (Å²) in [6, 6.07) is 10.3. The number of urea groups is 1. The van der Waals surface area contributed by atoms with Crippen LogP contribution in [0.4, 0.5) is 16.2 Å². The molecule has 27 heavy (non-hydrogen) atoms. The van der Waals surface area contributed by atoms with E-state index in [1.54, 1.807) is 24.3 Å². The SMILES string of the molecule is COc1ccc(C)cc1N1C(=O)/C(=C\Br)N(c2cc(C)ccc2OC)C1=O. The number of hydrogen-bond acceptors (Lipinski definition) is 4. The lowest BCUT2D eigenvalue weighted by Crippen LogP contribution is -2.33. The molecule has 0 spiro atoms. The van der Waals surface area contributed by atoms with Gasteiger partial charge in [-0.25, -0.2) is 9.69 Å². The van der Waals surface area contributed by atoms with Gasteiger partial charge in [0.1, 0.15) is 17.2 Å². The van der Waals surface area contributed by atoms with Gasteiger partial charge in [0.15, 0.2) is 0 Å². The molecule has 0 unspecified atom stereocenters. The van der Waals surface area contributed by atoms with E-state index in [-0.39, 0.29) is 5.70 Å². The van der Waals surface area contributed by atoms with Crippen LogP contribution in [0.2, 0.25) is 0 Å². The highest BCUT2D eigenvalue weighted by Gasteiger charge is 2.44. The summed E-state index contributed by atoms with van der Waals surface area (Å²) in [5.74, 6) is 0.477. The lowest BCUT2D eigenvalue weighted by molar-refractivity contribution is -0.113. The summed E-state index contributed by atoms with van der Waals surface area (Å²) in [6.45, 7) is 3.79. The third-order valence-corrected chi connectivity index (χ3v) is 4.73. The van der Waals surface area contributed by atoms with E-state index in [9.17, 15) is 9.59 Å². The maximum absolute atomic E-state index is 13.3. The van der Waals surface area contributed by atoms with Crippen molar-refractivity contribution in [2.75, 3.05) is 24.0 Å². The molecule has 7 heteroatoms. The molecule has 0 saturated carbocycles. The number of methoxy groups -OCH3 is 2. The molecule has 1 saturated heterocycles. The van der Waals surface area contributed by atoms with Gasteiger partial charge < -0.3 is 9.47 Å². The molecule has 0 N–H and O–H groups in total. The number of carbonyl (C=O) groups is 2. The van der Waals surface area contributed by atoms with E-state index in [0.717, 1.165) is 16.0 Å². The molecule has 0 aliphatic carbocycles. The van der Waals surface area contributed by atoms with Crippen molar-refractivity contribution >= 4 is 39.2 Å². The molecule has 1 heterocycles. The number of hydrogen-bond donors (Lipinski definition) is 0. The Morgan fingerprint density at radius 2 is 1.33 bits per heavy atom. The predicted molar refractivity (Wildman–Crippen MR) is 108 cm³/mol. The third kappa shape index (κ3) is 3.19. The number of rotatable bonds is 4. The molecule has 2 aromatic carbocycles. The minimum Gasteiger partial charge on any atom is -0.495 e. The van der Waals surface area contributed by atoms with Gasteiger partial charge in [-0.1, -0.05) is 28.1 Å². The maximum Gasteiger partial charge on any atom is 0.341 e. The van der Waals surface area contributed by atoms with Crippen LogP contribution in [0.3, 0.4) is 0 Å². The Kier molecular flexibility index (Phi) is 5.23. The predicted octanol–water partition coefficient (Wildman–Crippen LogP) is 4.53. The van der Waals surface area contributed by atoms with Crippen LogP contribution in [-0.2, 0) is 4.79 Å². The Hall–Kier alpha value is -2.80. The van der Waals surface area contributed by atoms with Gasteiger partial charge in [-0.2, -0.15) is 0 Å². The Labute approximate surface area is 166 Å². The van der Waals surface area contributed by atoms with Crippen LogP contribution in [0.15, 0.2) is 47.1 Å². The molecule has 1 aliphatic heterocycles. The lowest BCUT2D eigenvalue weighted by atomic mass is 10.2. The largest absolute Gasteiger partial charge is 0.495 e. The van der Waals surface area contributed by atoms with Crippen LogP contribution >= 0.6 is 15.9 Å². The zero-order chi connectivity index (χ0) is 19.7. The first-order valence-corrected chi connectivity index (χ1v) is 9.12. The molecule has 3 amide bonds. The number of halogens is 1. The van der Waals surface area contributed by atoms with Crippen LogP contribution in [0.1, 0.15) is 11.1 Å². The highest BCUT2D eigenvalue weighted by molar-refractivity contribution is 9.11. The van der Waals surface area contributed by atoms with E-state index in [4.69, 9.17) is 9.47 Å². The molecule has 2 aromatic rings. The number of benzene rings is 2. The normalized spacial score (nSPS) is 15.7. The first-order chi connectivity index (χ1) is 12.9. The van der Waals surface area contributed by atoms with Gasteiger partial charge in [0.05, 0.1) is 25.6 Å². The highest BCUT2D eigenvalue weighted by atomic mass is 79.9. The van der Waals surface area contributed by atoms with Gasteiger partial charge in [-0.15, -0.1) is 0 Å². The van der Waals surface area contributed by atoms with Crippen LogP contribution in [0, 0.1) is 13.8 Å². The van der Waals surface area contributed by atoms with Crippen molar-refractivity contribution < 1.29 is 19.1 Å². The summed E-state index contributed by atoms with van der Waals surface area (Å²) in [7, 11) is 3.02. The molecule has 0 aromatic heterocycles. The zero-order valence-electron chi connectivity index (χ0n) is 15.4. The second-order valence-electron chi connectivity index (χ2n) is 6.10. The third-order valence-electron chi connectivity index (χ3n) is 4.30. The average Bonchev–Trinajstić information content (AvgIpc) is 2.91. The molecule has 0 atom stereocenters. The van der Waals surface area contributed by atoms with E-state index in [1.807, 2.05) is 26.0 Å². The molecular formula is C20H19BrN2O4. The number of imide groups is 1. The highest BCUT2D eigenvalue weighted by Crippen LogP contribution is 2.40. The molecule has 1 fully saturated rings. The minimum atomic E-state index is -0.501. The summed E-state index contributed by atoms with van der Waals surface area (Å²) in [5.41, 5.74) is 2.92. The second-order valence-corrected chi connectivity index (χ2v) is 6.56. The first-order valence-electron chi connectivity index (χ1n) is 8.21. The summed E-state index contributed by atoms with van der Waals surface area (Å²) >= 11 is 3.22. The van der Waals surface area contributed by atoms with E-state index >= 15 is 0 Å². The Bertz CT molecular complexity index is 955. The fraction of sp³-hybridized carbons (Fsp3) is 0.200. The first kappa shape index (κ1) is 19.0. The number of ether oxygens (including phenoxy) is 2. The molecule has 6 nitrogen and oxygen atoms in total. The molecule has 1 aliphatic rings. The Morgan fingerprint density at radius 3 is 1.78 bits per heavy atom. The van der Waals surface area contributed by atoms with Gasteiger partial charge in [0.25, 0.3) is 5.91 Å². The van der Waals surface area contributed by atoms with Gasteiger partial charge in [-0.3, -0.25) is 9.69 Å². The number of amides is 3. The van der Waals surface area contributed by atoms with Crippen molar-refractivity contribution in [3.63, 3.8) is 0 Å². The number of aryl methyl sites for hydroxylation is 2. The molecular weight excluding hydrogens is 412 g/mol. The molecule has 3 rings (SSSR count). The van der Waals surface area contributed by atoms with Crippen molar-refractivity contribution in [1.82, 2.24) is 0 Å². The molecule has 0 bridgehead atoms. The van der Waals surface area contributed by atoms with Gasteiger partial charge in [0.2, 0.25) is 0 Å².